The molecule has 0 aliphatic rings. The maximum Gasteiger partial charge on any atom is 0.254 e. The van der Waals surface area contributed by atoms with Gasteiger partial charge in [-0.25, -0.2) is 0 Å². The van der Waals surface area contributed by atoms with Crippen molar-refractivity contribution in [3.63, 3.8) is 0 Å². The lowest BCUT2D eigenvalue weighted by molar-refractivity contribution is -0.133. The molecule has 0 spiro atoms. The number of benzene rings is 1. The average Bonchev–Trinajstić information content (AvgIpc) is 2.50. The minimum absolute atomic E-state index is 0.351. The number of rotatable bonds is 8. The zero-order chi connectivity index (χ0) is 15.7. The van der Waals surface area contributed by atoms with E-state index in [9.17, 15) is 14.7 Å². The molecule has 2 atom stereocenters. The van der Waals surface area contributed by atoms with E-state index in [1.54, 1.807) is 30.3 Å². The maximum absolute atomic E-state index is 11.9. The number of nitrogens with one attached hydrogen (secondary N) is 1. The second-order valence-corrected chi connectivity index (χ2v) is 4.68. The number of nitrogens with zero attached hydrogens (tertiary/aromatic N) is 1. The fourth-order valence-electron chi connectivity index (χ4n) is 1.88. The van der Waals surface area contributed by atoms with Gasteiger partial charge >= 0.3 is 0 Å². The van der Waals surface area contributed by atoms with Crippen LogP contribution in [0.15, 0.2) is 30.3 Å². The van der Waals surface area contributed by atoms with Crippen molar-refractivity contribution in [2.75, 3.05) is 0 Å². The van der Waals surface area contributed by atoms with E-state index < -0.39 is 24.0 Å². The molecule has 1 aromatic rings. The number of carbonyl (C=O) groups is 2. The summed E-state index contributed by atoms with van der Waals surface area (Å²) in [6.45, 7) is 0. The molecule has 0 radical (unpaired) electrons. The van der Waals surface area contributed by atoms with Gasteiger partial charge in [0.15, 0.2) is 6.10 Å². The van der Waals surface area contributed by atoms with Gasteiger partial charge in [0.1, 0.15) is 6.04 Å². The Balaban J connectivity index is 2.56. The Morgan fingerprint density at radius 3 is 2.52 bits per heavy atom. The topological polar surface area (TPSA) is 116 Å². The summed E-state index contributed by atoms with van der Waals surface area (Å²) in [5.74, 6) is -1.31. The summed E-state index contributed by atoms with van der Waals surface area (Å²) in [7, 11) is 0. The van der Waals surface area contributed by atoms with Crippen LogP contribution in [0.25, 0.3) is 0 Å². The number of aliphatic hydroxyl groups is 1. The molecule has 1 rings (SSSR count). The Labute approximate surface area is 123 Å². The van der Waals surface area contributed by atoms with Gasteiger partial charge in [0.25, 0.3) is 5.91 Å². The number of carbonyl (C=O) groups excluding carboxylic acids is 2. The number of aliphatic hydroxyl groups excluding tert-OH is 1. The average molecular weight is 289 g/mol. The van der Waals surface area contributed by atoms with Gasteiger partial charge in [-0.2, -0.15) is 5.26 Å². The molecule has 0 saturated heterocycles. The molecule has 6 heteroatoms. The Bertz CT molecular complexity index is 511. The summed E-state index contributed by atoms with van der Waals surface area (Å²) < 4.78 is 0. The lowest BCUT2D eigenvalue weighted by Gasteiger charge is -2.18. The molecule has 0 aliphatic heterocycles. The highest BCUT2D eigenvalue weighted by Gasteiger charge is 2.23. The van der Waals surface area contributed by atoms with Crippen molar-refractivity contribution < 1.29 is 14.7 Å². The second-order valence-electron chi connectivity index (χ2n) is 4.68. The predicted molar refractivity (Wildman–Crippen MR) is 76.6 cm³/mol. The lowest BCUT2D eigenvalue weighted by Crippen LogP contribution is -2.46. The van der Waals surface area contributed by atoms with Crippen molar-refractivity contribution >= 4 is 11.8 Å². The fourth-order valence-corrected chi connectivity index (χ4v) is 1.88. The van der Waals surface area contributed by atoms with Gasteiger partial charge in [-0.15, -0.1) is 0 Å². The molecule has 1 aromatic carbocycles. The third-order valence-electron chi connectivity index (χ3n) is 3.05. The normalized spacial score (nSPS) is 13.0. The van der Waals surface area contributed by atoms with Gasteiger partial charge < -0.3 is 16.2 Å². The van der Waals surface area contributed by atoms with E-state index in [1.807, 2.05) is 6.07 Å². The zero-order valence-electron chi connectivity index (χ0n) is 11.7. The van der Waals surface area contributed by atoms with Gasteiger partial charge in [-0.3, -0.25) is 9.59 Å². The van der Waals surface area contributed by atoms with Crippen LogP contribution in [-0.2, 0) is 9.59 Å². The number of primary amides is 1. The molecular formula is C15H19N3O3. The molecule has 4 N–H and O–H groups in total. The van der Waals surface area contributed by atoms with E-state index >= 15 is 0 Å². The molecule has 0 fully saturated rings. The summed E-state index contributed by atoms with van der Waals surface area (Å²) in [5, 5.41) is 20.8. The highest BCUT2D eigenvalue weighted by Crippen LogP contribution is 2.13. The first-order valence-electron chi connectivity index (χ1n) is 6.76. The third kappa shape index (κ3) is 5.63. The van der Waals surface area contributed by atoms with Crippen LogP contribution in [0.4, 0.5) is 0 Å². The van der Waals surface area contributed by atoms with Crippen LogP contribution in [0.3, 0.4) is 0 Å². The summed E-state index contributed by atoms with van der Waals surface area (Å²) >= 11 is 0. The van der Waals surface area contributed by atoms with Crippen molar-refractivity contribution in [2.24, 2.45) is 5.73 Å². The molecule has 2 amide bonds. The number of hydrogen-bond acceptors (Lipinski definition) is 4. The maximum atomic E-state index is 11.9. The van der Waals surface area contributed by atoms with E-state index in [2.05, 4.69) is 5.32 Å². The third-order valence-corrected chi connectivity index (χ3v) is 3.05. The molecule has 6 nitrogen and oxygen atoms in total. The lowest BCUT2D eigenvalue weighted by atomic mass is 10.1. The molecule has 0 aliphatic carbocycles. The van der Waals surface area contributed by atoms with Gasteiger partial charge in [0.2, 0.25) is 5.91 Å². The van der Waals surface area contributed by atoms with Gasteiger partial charge in [-0.1, -0.05) is 30.3 Å². The number of amides is 2. The Hall–Kier alpha value is -2.39. The van der Waals surface area contributed by atoms with Crippen LogP contribution >= 0.6 is 0 Å². The number of unbranched alkanes of at least 4 members (excludes halogenated alkanes) is 2. The summed E-state index contributed by atoms with van der Waals surface area (Å²) in [4.78, 5) is 23.2. The smallest absolute Gasteiger partial charge is 0.254 e. The Morgan fingerprint density at radius 1 is 1.29 bits per heavy atom. The molecule has 0 unspecified atom stereocenters. The first-order chi connectivity index (χ1) is 10.1. The van der Waals surface area contributed by atoms with E-state index in [4.69, 9.17) is 11.0 Å². The van der Waals surface area contributed by atoms with Crippen LogP contribution < -0.4 is 11.1 Å². The van der Waals surface area contributed by atoms with Crippen LogP contribution in [0, 0.1) is 11.3 Å². The van der Waals surface area contributed by atoms with Gasteiger partial charge in [-0.05, 0) is 24.8 Å². The van der Waals surface area contributed by atoms with Crippen LogP contribution in [0.2, 0.25) is 0 Å². The molecule has 0 heterocycles. The monoisotopic (exact) mass is 289 g/mol. The van der Waals surface area contributed by atoms with Crippen molar-refractivity contribution in [3.8, 4) is 6.07 Å². The number of nitriles is 1. The van der Waals surface area contributed by atoms with Crippen molar-refractivity contribution in [3.05, 3.63) is 35.9 Å². The fraction of sp³-hybridized carbons (Fsp3) is 0.400. The highest BCUT2D eigenvalue weighted by molar-refractivity contribution is 5.88. The summed E-state index contributed by atoms with van der Waals surface area (Å²) in [6.07, 6.45) is 0.642. The van der Waals surface area contributed by atoms with Crippen LogP contribution in [-0.4, -0.2) is 23.0 Å². The van der Waals surface area contributed by atoms with Crippen molar-refractivity contribution in [1.82, 2.24) is 5.32 Å². The molecular weight excluding hydrogens is 270 g/mol. The molecule has 112 valence electrons. The first-order valence-corrected chi connectivity index (χ1v) is 6.76. The largest absolute Gasteiger partial charge is 0.378 e. The molecule has 0 bridgehead atoms. The van der Waals surface area contributed by atoms with E-state index in [1.165, 1.54) is 0 Å². The first kappa shape index (κ1) is 16.7. The minimum Gasteiger partial charge on any atom is -0.378 e. The van der Waals surface area contributed by atoms with Crippen LogP contribution in [0.5, 0.6) is 0 Å². The van der Waals surface area contributed by atoms with Gasteiger partial charge in [0.05, 0.1) is 6.07 Å². The Kier molecular flexibility index (Phi) is 6.92. The molecule has 21 heavy (non-hydrogen) atoms. The van der Waals surface area contributed by atoms with E-state index in [-0.39, 0.29) is 0 Å². The van der Waals surface area contributed by atoms with E-state index in [0.717, 1.165) is 0 Å². The predicted octanol–water partition coefficient (Wildman–Crippen LogP) is 0.774. The van der Waals surface area contributed by atoms with Crippen molar-refractivity contribution in [2.45, 2.75) is 37.8 Å². The zero-order valence-corrected chi connectivity index (χ0v) is 11.7. The molecule has 0 saturated carbocycles. The number of nitrogens with two attached hydrogens (primary N) is 1. The second kappa shape index (κ2) is 8.72. The van der Waals surface area contributed by atoms with Crippen LogP contribution in [0.1, 0.15) is 37.4 Å². The van der Waals surface area contributed by atoms with E-state index in [0.29, 0.717) is 31.2 Å². The Morgan fingerprint density at radius 2 is 1.95 bits per heavy atom. The standard InChI is InChI=1S/C15H19N3O3/c16-10-6-2-5-9-12(14(17)20)18-15(21)13(19)11-7-3-1-4-8-11/h1,3-4,7-8,12-13,19H,2,5-6,9H2,(H2,17,20)(H,18,21)/t12-,13+/m1/s1. The van der Waals surface area contributed by atoms with Gasteiger partial charge in [0, 0.05) is 6.42 Å². The number of hydrogen-bond donors (Lipinski definition) is 3. The summed E-state index contributed by atoms with van der Waals surface area (Å²) in [6, 6.07) is 9.60. The molecule has 0 aromatic heterocycles. The quantitative estimate of drug-likeness (QED) is 0.613. The highest BCUT2D eigenvalue weighted by atomic mass is 16.3. The minimum atomic E-state index is -1.34. The summed E-state index contributed by atoms with van der Waals surface area (Å²) in [5.41, 5.74) is 5.69. The SMILES string of the molecule is N#CCCCC[C@@H](NC(=O)[C@@H](O)c1ccccc1)C(N)=O. The van der Waals surface area contributed by atoms with Crippen molar-refractivity contribution in [1.29, 1.82) is 5.26 Å².